The van der Waals surface area contributed by atoms with Gasteiger partial charge in [-0.15, -0.1) is 0 Å². The van der Waals surface area contributed by atoms with Gasteiger partial charge < -0.3 is 14.4 Å². The fourth-order valence-electron chi connectivity index (χ4n) is 3.29. The summed E-state index contributed by atoms with van der Waals surface area (Å²) in [6, 6.07) is 15.3. The Morgan fingerprint density at radius 2 is 1.86 bits per heavy atom. The Labute approximate surface area is 178 Å². The molecule has 0 aliphatic carbocycles. The highest BCUT2D eigenvalue weighted by molar-refractivity contribution is 9.10. The van der Waals surface area contributed by atoms with Crippen LogP contribution in [-0.2, 0) is 20.7 Å². The fourth-order valence-corrected chi connectivity index (χ4v) is 3.71. The Hall–Kier alpha value is -2.86. The van der Waals surface area contributed by atoms with E-state index < -0.39 is 5.97 Å². The molecule has 1 amide bonds. The molecule has 0 unspecified atom stereocenters. The molecule has 0 saturated heterocycles. The summed E-state index contributed by atoms with van der Waals surface area (Å²) in [5.41, 5.74) is 3.18. The number of hydrogen-bond donors (Lipinski definition) is 0. The lowest BCUT2D eigenvalue weighted by molar-refractivity contribution is -0.136. The average molecular weight is 456 g/mol. The lowest BCUT2D eigenvalue weighted by Crippen LogP contribution is -2.27. The molecule has 150 valence electrons. The van der Waals surface area contributed by atoms with Crippen molar-refractivity contribution in [3.05, 3.63) is 81.0 Å². The van der Waals surface area contributed by atoms with Gasteiger partial charge in [0.05, 0.1) is 25.4 Å². The third kappa shape index (κ3) is 4.59. The van der Waals surface area contributed by atoms with Crippen LogP contribution in [0.25, 0.3) is 6.08 Å². The van der Waals surface area contributed by atoms with Crippen LogP contribution >= 0.6 is 15.9 Å². The van der Waals surface area contributed by atoms with Gasteiger partial charge in [-0.25, -0.2) is 4.79 Å². The van der Waals surface area contributed by atoms with Crippen LogP contribution < -0.4 is 4.74 Å². The summed E-state index contributed by atoms with van der Waals surface area (Å²) in [4.78, 5) is 27.2. The molecule has 1 heterocycles. The summed E-state index contributed by atoms with van der Waals surface area (Å²) in [5.74, 6) is 0.0784. The van der Waals surface area contributed by atoms with E-state index in [4.69, 9.17) is 9.47 Å². The molecule has 2 aromatic carbocycles. The van der Waals surface area contributed by atoms with Crippen LogP contribution in [0.5, 0.6) is 5.75 Å². The van der Waals surface area contributed by atoms with Gasteiger partial charge in [0.15, 0.2) is 0 Å². The summed E-state index contributed by atoms with van der Waals surface area (Å²) >= 11 is 3.43. The van der Waals surface area contributed by atoms with Crippen molar-refractivity contribution >= 4 is 33.9 Å². The Balaban J connectivity index is 1.89. The molecule has 2 aromatic rings. The molecule has 5 nitrogen and oxygen atoms in total. The molecule has 0 fully saturated rings. The number of amides is 1. The topological polar surface area (TPSA) is 55.8 Å². The fraction of sp³-hybridized carbons (Fsp3) is 0.217. The van der Waals surface area contributed by atoms with E-state index in [-0.39, 0.29) is 5.91 Å². The van der Waals surface area contributed by atoms with Gasteiger partial charge in [-0.05, 0) is 54.8 Å². The molecule has 0 aromatic heterocycles. The summed E-state index contributed by atoms with van der Waals surface area (Å²) in [5, 5.41) is 0. The third-order valence-corrected chi connectivity index (χ3v) is 5.34. The van der Waals surface area contributed by atoms with E-state index in [1.807, 2.05) is 48.5 Å². The minimum atomic E-state index is -0.510. The van der Waals surface area contributed by atoms with Crippen LogP contribution in [0.1, 0.15) is 18.1 Å². The number of benzene rings is 2. The number of carbonyl (C=O) groups is 2. The van der Waals surface area contributed by atoms with E-state index in [0.29, 0.717) is 29.8 Å². The van der Waals surface area contributed by atoms with Crippen molar-refractivity contribution in [2.45, 2.75) is 13.3 Å². The van der Waals surface area contributed by atoms with Crippen LogP contribution in [0.2, 0.25) is 0 Å². The number of rotatable bonds is 6. The minimum Gasteiger partial charge on any atom is -0.497 e. The second-order valence-corrected chi connectivity index (χ2v) is 7.54. The van der Waals surface area contributed by atoms with Crippen LogP contribution in [0, 0.1) is 0 Å². The Kier molecular flexibility index (Phi) is 6.54. The molecule has 1 aliphatic heterocycles. The van der Waals surface area contributed by atoms with Crippen molar-refractivity contribution in [2.24, 2.45) is 0 Å². The van der Waals surface area contributed by atoms with Crippen molar-refractivity contribution < 1.29 is 19.1 Å². The van der Waals surface area contributed by atoms with Crippen molar-refractivity contribution in [2.75, 3.05) is 20.8 Å². The van der Waals surface area contributed by atoms with E-state index in [9.17, 15) is 9.59 Å². The number of allylic oxidation sites excluding steroid dienone is 1. The first-order valence-corrected chi connectivity index (χ1v) is 9.95. The molecule has 0 bridgehead atoms. The maximum absolute atomic E-state index is 13.1. The van der Waals surface area contributed by atoms with Gasteiger partial charge in [-0.2, -0.15) is 0 Å². The molecule has 1 aliphatic rings. The van der Waals surface area contributed by atoms with Crippen molar-refractivity contribution in [3.63, 3.8) is 0 Å². The number of methoxy groups -OCH3 is 2. The highest BCUT2D eigenvalue weighted by Crippen LogP contribution is 2.32. The lowest BCUT2D eigenvalue weighted by atomic mass is 10.0. The summed E-state index contributed by atoms with van der Waals surface area (Å²) in [6.07, 6.45) is 2.39. The zero-order valence-corrected chi connectivity index (χ0v) is 18.2. The minimum absolute atomic E-state index is 0.198. The highest BCUT2D eigenvalue weighted by atomic mass is 79.9. The largest absolute Gasteiger partial charge is 0.497 e. The number of halogens is 1. The van der Waals surface area contributed by atoms with E-state index >= 15 is 0 Å². The van der Waals surface area contributed by atoms with E-state index in [2.05, 4.69) is 15.9 Å². The van der Waals surface area contributed by atoms with Gasteiger partial charge >= 0.3 is 5.97 Å². The maximum atomic E-state index is 13.1. The van der Waals surface area contributed by atoms with E-state index in [1.165, 1.54) is 7.11 Å². The smallest absolute Gasteiger partial charge is 0.340 e. The molecule has 0 atom stereocenters. The first-order valence-electron chi connectivity index (χ1n) is 9.16. The van der Waals surface area contributed by atoms with Gasteiger partial charge in [-0.3, -0.25) is 4.79 Å². The number of hydrogen-bond acceptors (Lipinski definition) is 4. The molecule has 6 heteroatoms. The van der Waals surface area contributed by atoms with Gasteiger partial charge in [0.1, 0.15) is 5.75 Å². The molecule has 29 heavy (non-hydrogen) atoms. The van der Waals surface area contributed by atoms with E-state index in [0.717, 1.165) is 21.3 Å². The molecule has 0 spiro atoms. The number of carbonyl (C=O) groups excluding carboxylic acids is 2. The molecule has 0 radical (unpaired) electrons. The number of ether oxygens (including phenoxy) is 2. The summed E-state index contributed by atoms with van der Waals surface area (Å²) in [7, 11) is 2.95. The van der Waals surface area contributed by atoms with Crippen molar-refractivity contribution in [1.29, 1.82) is 0 Å². The van der Waals surface area contributed by atoms with Crippen LogP contribution in [0.3, 0.4) is 0 Å². The van der Waals surface area contributed by atoms with Gasteiger partial charge in [-0.1, -0.05) is 40.2 Å². The molecule has 0 saturated carbocycles. The normalized spacial score (nSPS) is 15.2. The van der Waals surface area contributed by atoms with Gasteiger partial charge in [0.25, 0.3) is 5.91 Å². The van der Waals surface area contributed by atoms with Crippen LogP contribution in [0.4, 0.5) is 0 Å². The van der Waals surface area contributed by atoms with Crippen molar-refractivity contribution in [3.8, 4) is 5.75 Å². The summed E-state index contributed by atoms with van der Waals surface area (Å²) in [6.45, 7) is 2.24. The quantitative estimate of drug-likeness (QED) is 0.479. The number of esters is 1. The van der Waals surface area contributed by atoms with Crippen molar-refractivity contribution in [1.82, 2.24) is 4.90 Å². The third-order valence-electron chi connectivity index (χ3n) is 4.84. The molecule has 3 rings (SSSR count). The Bertz CT molecular complexity index is 992. The second kappa shape index (κ2) is 9.09. The van der Waals surface area contributed by atoms with Gasteiger partial charge in [0, 0.05) is 16.7 Å². The number of nitrogens with zero attached hydrogens (tertiary/aromatic N) is 1. The molecule has 0 N–H and O–H groups in total. The average Bonchev–Trinajstić information content (AvgIpc) is 2.95. The van der Waals surface area contributed by atoms with Crippen LogP contribution in [0.15, 0.2) is 69.8 Å². The molecular weight excluding hydrogens is 434 g/mol. The van der Waals surface area contributed by atoms with Crippen LogP contribution in [-0.4, -0.2) is 37.5 Å². The zero-order valence-electron chi connectivity index (χ0n) is 16.6. The zero-order chi connectivity index (χ0) is 21.0. The van der Waals surface area contributed by atoms with E-state index in [1.54, 1.807) is 25.0 Å². The summed E-state index contributed by atoms with van der Waals surface area (Å²) < 4.78 is 11.0. The SMILES string of the molecule is COC(=O)C1=C(C)N(CCc2ccc(OC)cc2)C(=O)/C1=C\c1cccc(Br)c1. The predicted molar refractivity (Wildman–Crippen MR) is 115 cm³/mol. The Morgan fingerprint density at radius 3 is 2.48 bits per heavy atom. The standard InChI is InChI=1S/C23H22BrNO4/c1-15-21(23(27)29-3)20(14-17-5-4-6-18(24)13-17)22(26)25(15)12-11-16-7-9-19(28-2)10-8-16/h4-10,13-14H,11-12H2,1-3H3/b20-14-. The first-order chi connectivity index (χ1) is 13.9. The highest BCUT2D eigenvalue weighted by Gasteiger charge is 2.36. The lowest BCUT2D eigenvalue weighted by Gasteiger charge is -2.18. The second-order valence-electron chi connectivity index (χ2n) is 6.62. The molecular formula is C23H22BrNO4. The first kappa shape index (κ1) is 20.9. The van der Waals surface area contributed by atoms with Gasteiger partial charge in [0.2, 0.25) is 0 Å². The predicted octanol–water partition coefficient (Wildman–Crippen LogP) is 4.37. The maximum Gasteiger partial charge on any atom is 0.340 e. The monoisotopic (exact) mass is 455 g/mol. The Morgan fingerprint density at radius 1 is 1.14 bits per heavy atom.